The van der Waals surface area contributed by atoms with Crippen molar-refractivity contribution in [3.05, 3.63) is 18.2 Å². The number of likely N-dealkylation sites (tertiary alicyclic amines) is 2. The molecule has 0 aliphatic carbocycles. The van der Waals surface area contributed by atoms with Crippen LogP contribution in [0.3, 0.4) is 0 Å². The van der Waals surface area contributed by atoms with E-state index in [1.807, 2.05) is 11.6 Å². The van der Waals surface area contributed by atoms with Crippen LogP contribution >= 0.6 is 0 Å². The van der Waals surface area contributed by atoms with Gasteiger partial charge in [0.25, 0.3) is 5.91 Å². The number of piperidine rings is 2. The third-order valence-electron chi connectivity index (χ3n) is 5.82. The summed E-state index contributed by atoms with van der Waals surface area (Å²) in [6.45, 7) is 8.70. The van der Waals surface area contributed by atoms with Crippen molar-refractivity contribution in [2.75, 3.05) is 26.2 Å². The molecule has 7 nitrogen and oxygen atoms in total. The van der Waals surface area contributed by atoms with Crippen molar-refractivity contribution in [3.63, 3.8) is 0 Å². The lowest BCUT2D eigenvalue weighted by atomic mass is 9.72. The number of carboxylic acid groups (broad SMARTS) is 1. The second kappa shape index (κ2) is 9.15. The molecule has 0 unspecified atom stereocenters. The van der Waals surface area contributed by atoms with Gasteiger partial charge in [-0.2, -0.15) is 13.2 Å². The maximum Gasteiger partial charge on any atom is 0.490 e. The van der Waals surface area contributed by atoms with Gasteiger partial charge in [0.1, 0.15) is 5.69 Å². The first-order chi connectivity index (χ1) is 13.4. The standard InChI is InChI=1S/C17H28N4O.C2HF3O2/c1-14(2)20-9-6-17(7-10-20)5-4-8-21(12-17)16(22)15-11-18-13-19(15)3;3-2(4,5)1(6)7/h11,13-14H,4-10,12H2,1-3H3;(H,6,7). The van der Waals surface area contributed by atoms with Crippen molar-refractivity contribution in [1.29, 1.82) is 0 Å². The number of rotatable bonds is 2. The van der Waals surface area contributed by atoms with Gasteiger partial charge in [-0.1, -0.05) is 0 Å². The highest BCUT2D eigenvalue weighted by Gasteiger charge is 2.40. The van der Waals surface area contributed by atoms with E-state index in [9.17, 15) is 18.0 Å². The lowest BCUT2D eigenvalue weighted by Crippen LogP contribution is -2.52. The molecule has 10 heteroatoms. The van der Waals surface area contributed by atoms with Gasteiger partial charge in [0.2, 0.25) is 0 Å². The molecule has 2 saturated heterocycles. The fourth-order valence-electron chi connectivity index (χ4n) is 4.03. The number of hydrogen-bond acceptors (Lipinski definition) is 4. The fourth-order valence-corrected chi connectivity index (χ4v) is 4.03. The average Bonchev–Trinajstić information content (AvgIpc) is 3.07. The average molecular weight is 418 g/mol. The Kier molecular flexibility index (Phi) is 7.31. The number of hydrogen-bond donors (Lipinski definition) is 1. The molecule has 0 aromatic carbocycles. The summed E-state index contributed by atoms with van der Waals surface area (Å²) in [5.74, 6) is -2.61. The maximum absolute atomic E-state index is 12.7. The topological polar surface area (TPSA) is 78.7 Å². The zero-order chi connectivity index (χ0) is 21.8. The van der Waals surface area contributed by atoms with Crippen LogP contribution in [0.5, 0.6) is 0 Å². The summed E-state index contributed by atoms with van der Waals surface area (Å²) in [7, 11) is 1.89. The van der Waals surface area contributed by atoms with Crippen molar-refractivity contribution in [1.82, 2.24) is 19.4 Å². The Morgan fingerprint density at radius 3 is 2.21 bits per heavy atom. The van der Waals surface area contributed by atoms with E-state index in [4.69, 9.17) is 9.90 Å². The third kappa shape index (κ3) is 5.94. The van der Waals surface area contributed by atoms with E-state index < -0.39 is 12.1 Å². The van der Waals surface area contributed by atoms with E-state index in [-0.39, 0.29) is 5.91 Å². The largest absolute Gasteiger partial charge is 0.490 e. The first-order valence-electron chi connectivity index (χ1n) is 9.75. The third-order valence-corrected chi connectivity index (χ3v) is 5.82. The van der Waals surface area contributed by atoms with Gasteiger partial charge in [-0.25, -0.2) is 9.78 Å². The molecule has 0 bridgehead atoms. The number of aliphatic carboxylic acids is 1. The molecule has 3 rings (SSSR count). The monoisotopic (exact) mass is 418 g/mol. The molecule has 29 heavy (non-hydrogen) atoms. The summed E-state index contributed by atoms with van der Waals surface area (Å²) < 4.78 is 33.6. The number of imidazole rings is 1. The normalized spacial score (nSPS) is 19.8. The molecule has 0 saturated carbocycles. The number of nitrogens with zero attached hydrogens (tertiary/aromatic N) is 4. The Hall–Kier alpha value is -2.10. The Bertz CT molecular complexity index is 710. The van der Waals surface area contributed by atoms with E-state index >= 15 is 0 Å². The highest BCUT2D eigenvalue weighted by molar-refractivity contribution is 5.92. The summed E-state index contributed by atoms with van der Waals surface area (Å²) >= 11 is 0. The highest BCUT2D eigenvalue weighted by atomic mass is 19.4. The van der Waals surface area contributed by atoms with Crippen LogP contribution in [0.1, 0.15) is 50.0 Å². The van der Waals surface area contributed by atoms with Crippen LogP contribution in [0.4, 0.5) is 13.2 Å². The van der Waals surface area contributed by atoms with Gasteiger partial charge in [-0.15, -0.1) is 0 Å². The van der Waals surface area contributed by atoms with Crippen molar-refractivity contribution in [2.24, 2.45) is 12.5 Å². The number of aryl methyl sites for hydroxylation is 1. The molecule has 1 aromatic heterocycles. The fraction of sp³-hybridized carbons (Fsp3) is 0.737. The van der Waals surface area contributed by atoms with Crippen molar-refractivity contribution >= 4 is 11.9 Å². The van der Waals surface area contributed by atoms with Crippen LogP contribution in [-0.4, -0.2) is 74.7 Å². The molecule has 2 aliphatic heterocycles. The molecule has 1 spiro atoms. The predicted molar refractivity (Wildman–Crippen MR) is 100 cm³/mol. The quantitative estimate of drug-likeness (QED) is 0.799. The lowest BCUT2D eigenvalue weighted by molar-refractivity contribution is -0.192. The number of carbonyl (C=O) groups is 2. The minimum atomic E-state index is -5.08. The van der Waals surface area contributed by atoms with Crippen LogP contribution in [0.2, 0.25) is 0 Å². The molecule has 2 fully saturated rings. The van der Waals surface area contributed by atoms with Crippen LogP contribution < -0.4 is 0 Å². The van der Waals surface area contributed by atoms with Gasteiger partial charge < -0.3 is 19.5 Å². The molecule has 3 heterocycles. The lowest BCUT2D eigenvalue weighted by Gasteiger charge is -2.48. The van der Waals surface area contributed by atoms with Crippen LogP contribution in [-0.2, 0) is 11.8 Å². The highest BCUT2D eigenvalue weighted by Crippen LogP contribution is 2.40. The Labute approximate surface area is 168 Å². The Morgan fingerprint density at radius 1 is 1.17 bits per heavy atom. The van der Waals surface area contributed by atoms with Gasteiger partial charge in [0.15, 0.2) is 0 Å². The van der Waals surface area contributed by atoms with E-state index in [0.717, 1.165) is 19.5 Å². The first-order valence-corrected chi connectivity index (χ1v) is 9.75. The molecule has 0 radical (unpaired) electrons. The zero-order valence-electron chi connectivity index (χ0n) is 17.1. The summed E-state index contributed by atoms with van der Waals surface area (Å²) in [5, 5.41) is 7.12. The van der Waals surface area contributed by atoms with Crippen molar-refractivity contribution in [3.8, 4) is 0 Å². The maximum atomic E-state index is 12.7. The summed E-state index contributed by atoms with van der Waals surface area (Å²) in [5.41, 5.74) is 1.05. The van der Waals surface area contributed by atoms with Crippen LogP contribution in [0.15, 0.2) is 12.5 Å². The predicted octanol–water partition coefficient (Wildman–Crippen LogP) is 2.78. The number of carbonyl (C=O) groups excluding carboxylic acids is 1. The number of aromatic nitrogens is 2. The number of alkyl halides is 3. The van der Waals surface area contributed by atoms with E-state index in [1.54, 1.807) is 12.5 Å². The minimum Gasteiger partial charge on any atom is -0.475 e. The Morgan fingerprint density at radius 2 is 1.76 bits per heavy atom. The van der Waals surface area contributed by atoms with Crippen molar-refractivity contribution < 1.29 is 27.9 Å². The van der Waals surface area contributed by atoms with E-state index in [1.165, 1.54) is 32.4 Å². The summed E-state index contributed by atoms with van der Waals surface area (Å²) in [6.07, 6.45) is 3.15. The van der Waals surface area contributed by atoms with E-state index in [2.05, 4.69) is 28.6 Å². The number of carboxylic acids is 1. The number of amides is 1. The molecular formula is C19H29F3N4O3. The number of halogens is 3. The molecule has 0 atom stereocenters. The van der Waals surface area contributed by atoms with Crippen LogP contribution in [0, 0.1) is 5.41 Å². The second-order valence-corrected chi connectivity index (χ2v) is 8.15. The molecule has 1 amide bonds. The summed E-state index contributed by atoms with van der Waals surface area (Å²) in [6, 6.07) is 0.633. The molecule has 1 N–H and O–H groups in total. The molecule has 164 valence electrons. The smallest absolute Gasteiger partial charge is 0.475 e. The van der Waals surface area contributed by atoms with Gasteiger partial charge in [0.05, 0.1) is 12.5 Å². The van der Waals surface area contributed by atoms with Crippen LogP contribution in [0.25, 0.3) is 0 Å². The van der Waals surface area contributed by atoms with Crippen molar-refractivity contribution in [2.45, 2.75) is 51.7 Å². The van der Waals surface area contributed by atoms with E-state index in [0.29, 0.717) is 17.2 Å². The van der Waals surface area contributed by atoms with Gasteiger partial charge >= 0.3 is 12.1 Å². The molecular weight excluding hydrogens is 389 g/mol. The first kappa shape index (κ1) is 23.2. The molecule has 1 aromatic rings. The minimum absolute atomic E-state index is 0.144. The zero-order valence-corrected chi connectivity index (χ0v) is 17.1. The Balaban J connectivity index is 0.000000370. The SMILES string of the molecule is CC(C)N1CCC2(CCCN(C(=O)c3cncn3C)C2)CC1.O=C(O)C(F)(F)F. The van der Waals surface area contributed by atoms with Gasteiger partial charge in [-0.05, 0) is 58.0 Å². The summed E-state index contributed by atoms with van der Waals surface area (Å²) in [4.78, 5) is 30.3. The van der Waals surface area contributed by atoms with Gasteiger partial charge in [-0.3, -0.25) is 4.79 Å². The molecule has 2 aliphatic rings. The second-order valence-electron chi connectivity index (χ2n) is 8.15. The van der Waals surface area contributed by atoms with Gasteiger partial charge in [0, 0.05) is 26.2 Å².